The molecule has 0 fully saturated rings. The zero-order valence-corrected chi connectivity index (χ0v) is 10.7. The van der Waals surface area contributed by atoms with Crippen molar-refractivity contribution in [2.45, 2.75) is 6.42 Å². The van der Waals surface area contributed by atoms with Gasteiger partial charge in [0.05, 0.1) is 11.5 Å². The van der Waals surface area contributed by atoms with E-state index >= 15 is 0 Å². The molecule has 1 aromatic carbocycles. The molecule has 0 spiro atoms. The van der Waals surface area contributed by atoms with Crippen LogP contribution in [-0.4, -0.2) is 37.6 Å². The highest BCUT2D eigenvalue weighted by atomic mass is 16.6. The van der Waals surface area contributed by atoms with E-state index in [1.54, 1.807) is 25.3 Å². The second kappa shape index (κ2) is 8.04. The number of benzene rings is 1. The third kappa shape index (κ3) is 5.35. The van der Waals surface area contributed by atoms with Gasteiger partial charge in [-0.3, -0.25) is 14.9 Å². The van der Waals surface area contributed by atoms with Crippen LogP contribution in [0.1, 0.15) is 6.42 Å². The summed E-state index contributed by atoms with van der Waals surface area (Å²) in [5, 5.41) is 16.3. The van der Waals surface area contributed by atoms with Crippen LogP contribution in [0, 0.1) is 10.1 Å². The number of para-hydroxylation sites is 2. The molecule has 0 saturated heterocycles. The predicted octanol–water partition coefficient (Wildman–Crippen LogP) is 1.16. The Morgan fingerprint density at radius 3 is 2.79 bits per heavy atom. The second-order valence-corrected chi connectivity index (χ2v) is 3.79. The van der Waals surface area contributed by atoms with Gasteiger partial charge in [-0.05, 0) is 6.07 Å². The van der Waals surface area contributed by atoms with Gasteiger partial charge >= 0.3 is 0 Å². The summed E-state index contributed by atoms with van der Waals surface area (Å²) in [6, 6.07) is 6.33. The van der Waals surface area contributed by atoms with Crippen LogP contribution in [0.15, 0.2) is 24.3 Å². The summed E-state index contributed by atoms with van der Waals surface area (Å²) in [5.41, 5.74) is 0.416. The number of carbonyl (C=O) groups excluding carboxylic acids is 1. The minimum Gasteiger partial charge on any atom is -0.383 e. The Morgan fingerprint density at radius 2 is 2.11 bits per heavy atom. The van der Waals surface area contributed by atoms with E-state index in [0.29, 0.717) is 25.4 Å². The molecule has 0 aromatic heterocycles. The molecular weight excluding hydrogens is 250 g/mol. The molecule has 0 unspecified atom stereocenters. The number of nitrogens with zero attached hydrogens (tertiary/aromatic N) is 1. The number of hydrogen-bond donors (Lipinski definition) is 2. The molecule has 0 atom stereocenters. The lowest BCUT2D eigenvalue weighted by Crippen LogP contribution is -2.28. The van der Waals surface area contributed by atoms with Crippen molar-refractivity contribution >= 4 is 17.3 Å². The minimum atomic E-state index is -0.457. The first-order chi connectivity index (χ1) is 9.15. The lowest BCUT2D eigenvalue weighted by molar-refractivity contribution is -0.384. The largest absolute Gasteiger partial charge is 0.383 e. The summed E-state index contributed by atoms with van der Waals surface area (Å²) in [5.74, 6) is -0.122. The van der Waals surface area contributed by atoms with Gasteiger partial charge in [0.25, 0.3) is 5.69 Å². The molecule has 104 valence electrons. The van der Waals surface area contributed by atoms with Crippen LogP contribution in [-0.2, 0) is 9.53 Å². The molecular formula is C12H17N3O4. The number of methoxy groups -OCH3 is 1. The maximum atomic E-state index is 11.4. The van der Waals surface area contributed by atoms with E-state index in [1.807, 2.05) is 0 Å². The monoisotopic (exact) mass is 267 g/mol. The predicted molar refractivity (Wildman–Crippen MR) is 71.1 cm³/mol. The van der Waals surface area contributed by atoms with Crippen LogP contribution in [0.25, 0.3) is 0 Å². The fourth-order valence-electron chi connectivity index (χ4n) is 1.47. The molecule has 1 aromatic rings. The highest BCUT2D eigenvalue weighted by Gasteiger charge is 2.11. The summed E-state index contributed by atoms with van der Waals surface area (Å²) in [6.07, 6.45) is 0.246. The molecule has 2 N–H and O–H groups in total. The Hall–Kier alpha value is -2.15. The lowest BCUT2D eigenvalue weighted by Gasteiger charge is -2.07. The van der Waals surface area contributed by atoms with Crippen molar-refractivity contribution in [2.24, 2.45) is 0 Å². The van der Waals surface area contributed by atoms with Crippen molar-refractivity contribution < 1.29 is 14.5 Å². The molecule has 0 aliphatic heterocycles. The molecule has 0 saturated carbocycles. The van der Waals surface area contributed by atoms with Gasteiger partial charge in [-0.1, -0.05) is 12.1 Å². The Labute approximate surface area is 111 Å². The maximum absolute atomic E-state index is 11.4. The summed E-state index contributed by atoms with van der Waals surface area (Å²) in [4.78, 5) is 21.7. The number of ether oxygens (including phenoxy) is 1. The third-order valence-corrected chi connectivity index (χ3v) is 2.40. The molecule has 19 heavy (non-hydrogen) atoms. The number of carbonyl (C=O) groups is 1. The van der Waals surface area contributed by atoms with E-state index in [2.05, 4.69) is 10.6 Å². The molecule has 0 aliphatic carbocycles. The van der Waals surface area contributed by atoms with E-state index in [-0.39, 0.29) is 18.0 Å². The van der Waals surface area contributed by atoms with Crippen LogP contribution >= 0.6 is 0 Å². The van der Waals surface area contributed by atoms with Crippen molar-refractivity contribution in [1.29, 1.82) is 0 Å². The van der Waals surface area contributed by atoms with E-state index in [4.69, 9.17) is 4.74 Å². The Morgan fingerprint density at radius 1 is 1.37 bits per heavy atom. The SMILES string of the molecule is COCCNC(=O)CCNc1ccccc1[N+](=O)[O-]. The Balaban J connectivity index is 2.37. The van der Waals surface area contributed by atoms with Crippen LogP contribution in [0.2, 0.25) is 0 Å². The normalized spacial score (nSPS) is 9.95. The molecule has 1 amide bonds. The van der Waals surface area contributed by atoms with Gasteiger partial charge in [-0.15, -0.1) is 0 Å². The fourth-order valence-corrected chi connectivity index (χ4v) is 1.47. The standard InChI is InChI=1S/C12H17N3O4/c1-19-9-8-14-12(16)6-7-13-10-4-2-3-5-11(10)15(17)18/h2-5,13H,6-9H2,1H3,(H,14,16). The highest BCUT2D eigenvalue weighted by Crippen LogP contribution is 2.22. The molecule has 0 aliphatic rings. The van der Waals surface area contributed by atoms with Gasteiger partial charge in [0.2, 0.25) is 5.91 Å². The zero-order valence-electron chi connectivity index (χ0n) is 10.7. The van der Waals surface area contributed by atoms with Crippen LogP contribution in [0.5, 0.6) is 0 Å². The van der Waals surface area contributed by atoms with Crippen molar-refractivity contribution in [3.8, 4) is 0 Å². The zero-order chi connectivity index (χ0) is 14.1. The molecule has 7 nitrogen and oxygen atoms in total. The average Bonchev–Trinajstić information content (AvgIpc) is 2.39. The fraction of sp³-hybridized carbons (Fsp3) is 0.417. The second-order valence-electron chi connectivity index (χ2n) is 3.79. The van der Waals surface area contributed by atoms with E-state index in [0.717, 1.165) is 0 Å². The maximum Gasteiger partial charge on any atom is 0.292 e. The van der Waals surface area contributed by atoms with E-state index in [9.17, 15) is 14.9 Å². The van der Waals surface area contributed by atoms with Crippen LogP contribution in [0.4, 0.5) is 11.4 Å². The van der Waals surface area contributed by atoms with Gasteiger partial charge < -0.3 is 15.4 Å². The van der Waals surface area contributed by atoms with Crippen molar-refractivity contribution in [1.82, 2.24) is 5.32 Å². The number of amides is 1. The molecule has 0 heterocycles. The number of rotatable bonds is 8. The van der Waals surface area contributed by atoms with E-state index < -0.39 is 4.92 Å². The summed E-state index contributed by atoms with van der Waals surface area (Å²) < 4.78 is 4.80. The van der Waals surface area contributed by atoms with Crippen molar-refractivity contribution in [3.63, 3.8) is 0 Å². The van der Waals surface area contributed by atoms with Gasteiger partial charge in [0.1, 0.15) is 5.69 Å². The number of nitro groups is 1. The van der Waals surface area contributed by atoms with Crippen molar-refractivity contribution in [2.75, 3.05) is 32.1 Å². The molecule has 0 bridgehead atoms. The smallest absolute Gasteiger partial charge is 0.292 e. The third-order valence-electron chi connectivity index (χ3n) is 2.40. The average molecular weight is 267 g/mol. The van der Waals surface area contributed by atoms with Gasteiger partial charge in [-0.2, -0.15) is 0 Å². The summed E-state index contributed by atoms with van der Waals surface area (Å²) in [7, 11) is 1.56. The van der Waals surface area contributed by atoms with Gasteiger partial charge in [-0.25, -0.2) is 0 Å². The van der Waals surface area contributed by atoms with Crippen molar-refractivity contribution in [3.05, 3.63) is 34.4 Å². The Kier molecular flexibility index (Phi) is 6.31. The number of nitro benzene ring substituents is 1. The topological polar surface area (TPSA) is 93.5 Å². The van der Waals surface area contributed by atoms with Gasteiger partial charge in [0.15, 0.2) is 0 Å². The summed E-state index contributed by atoms with van der Waals surface area (Å²) >= 11 is 0. The number of hydrogen-bond acceptors (Lipinski definition) is 5. The molecule has 7 heteroatoms. The number of nitrogens with one attached hydrogen (secondary N) is 2. The van der Waals surface area contributed by atoms with E-state index in [1.165, 1.54) is 6.07 Å². The first kappa shape index (κ1) is 14.9. The Bertz CT molecular complexity index is 437. The highest BCUT2D eigenvalue weighted by molar-refractivity contribution is 5.76. The minimum absolute atomic E-state index is 0.00212. The first-order valence-electron chi connectivity index (χ1n) is 5.88. The lowest BCUT2D eigenvalue weighted by atomic mass is 10.2. The van der Waals surface area contributed by atoms with Gasteiger partial charge in [0, 0.05) is 32.7 Å². The summed E-state index contributed by atoms with van der Waals surface area (Å²) in [6.45, 7) is 1.26. The molecule has 0 radical (unpaired) electrons. The quantitative estimate of drug-likeness (QED) is 0.419. The van der Waals surface area contributed by atoms with Crippen LogP contribution < -0.4 is 10.6 Å². The van der Waals surface area contributed by atoms with Crippen LogP contribution in [0.3, 0.4) is 0 Å². The molecule has 1 rings (SSSR count). The number of anilines is 1. The first-order valence-corrected chi connectivity index (χ1v) is 5.88.